The van der Waals surface area contributed by atoms with Crippen molar-refractivity contribution in [1.82, 2.24) is 14.5 Å². The van der Waals surface area contributed by atoms with Gasteiger partial charge in [-0.05, 0) is 94.5 Å². The van der Waals surface area contributed by atoms with Crippen LogP contribution in [0.1, 0.15) is 63.5 Å². The molecule has 5 aliphatic rings. The van der Waals surface area contributed by atoms with Gasteiger partial charge in [-0.2, -0.15) is 0 Å². The van der Waals surface area contributed by atoms with Gasteiger partial charge < -0.3 is 14.2 Å². The van der Waals surface area contributed by atoms with Gasteiger partial charge in [-0.15, -0.1) is 0 Å². The molecule has 0 N–H and O–H groups in total. The van der Waals surface area contributed by atoms with Gasteiger partial charge in [0.2, 0.25) is 15.0 Å². The van der Waals surface area contributed by atoms with Gasteiger partial charge in [0.15, 0.2) is 0 Å². The lowest BCUT2D eigenvalue weighted by molar-refractivity contribution is -0.0605. The molecule has 1 aromatic rings. The van der Waals surface area contributed by atoms with E-state index in [1.807, 2.05) is 4.57 Å². The number of nitrogens with zero attached hydrogens (tertiary/aromatic N) is 3. The Morgan fingerprint density at radius 1 is 1.20 bits per heavy atom. The molecular formula is C23H37N3O3S. The van der Waals surface area contributed by atoms with Crippen LogP contribution in [0.25, 0.3) is 0 Å². The molecule has 0 amide bonds. The number of hydrogen-bond donors (Lipinski definition) is 0. The van der Waals surface area contributed by atoms with E-state index in [2.05, 4.69) is 16.9 Å². The second-order valence-electron chi connectivity index (χ2n) is 11.0. The van der Waals surface area contributed by atoms with E-state index in [1.165, 1.54) is 51.2 Å². The summed E-state index contributed by atoms with van der Waals surface area (Å²) in [4.78, 5) is 6.66. The molecule has 6 nitrogen and oxygen atoms in total. The molecule has 1 unspecified atom stereocenters. The number of sulfone groups is 1. The van der Waals surface area contributed by atoms with Crippen LogP contribution in [0.5, 0.6) is 0 Å². The van der Waals surface area contributed by atoms with Crippen LogP contribution in [-0.4, -0.2) is 55.4 Å². The van der Waals surface area contributed by atoms with Gasteiger partial charge >= 0.3 is 0 Å². The van der Waals surface area contributed by atoms with E-state index < -0.39 is 9.84 Å². The zero-order valence-electron chi connectivity index (χ0n) is 18.6. The molecule has 30 heavy (non-hydrogen) atoms. The van der Waals surface area contributed by atoms with Crippen molar-refractivity contribution in [2.45, 2.75) is 82.1 Å². The standard InChI is InChI=1S/C23H37N3O3S/c1-25(6-5-23-11-17-8-18(12-23)10-19(9-17)13-23)15-20-14-24-22(30(2,27)28)26(20)16-21-4-3-7-29-21/h14,17-19,21H,3-13,15-16H2,1-2H3. The van der Waals surface area contributed by atoms with Gasteiger partial charge in [0.05, 0.1) is 24.5 Å². The number of ether oxygens (including phenoxy) is 1. The van der Waals surface area contributed by atoms with Crippen molar-refractivity contribution < 1.29 is 13.2 Å². The summed E-state index contributed by atoms with van der Waals surface area (Å²) in [5, 5.41) is 0.183. The third-order valence-electron chi connectivity index (χ3n) is 8.26. The van der Waals surface area contributed by atoms with Gasteiger partial charge in [-0.1, -0.05) is 0 Å². The third kappa shape index (κ3) is 4.22. The monoisotopic (exact) mass is 435 g/mol. The molecule has 1 aliphatic heterocycles. The van der Waals surface area contributed by atoms with E-state index in [0.717, 1.165) is 56.0 Å². The summed E-state index contributed by atoms with van der Waals surface area (Å²) >= 11 is 0. The van der Waals surface area contributed by atoms with Crippen LogP contribution in [-0.2, 0) is 27.7 Å². The quantitative estimate of drug-likeness (QED) is 0.625. The molecule has 168 valence electrons. The van der Waals surface area contributed by atoms with Gasteiger partial charge in [0.1, 0.15) is 0 Å². The van der Waals surface area contributed by atoms with E-state index in [1.54, 1.807) is 6.20 Å². The minimum Gasteiger partial charge on any atom is -0.376 e. The zero-order valence-corrected chi connectivity index (χ0v) is 19.4. The largest absolute Gasteiger partial charge is 0.376 e. The molecule has 6 rings (SSSR count). The Kier molecular flexibility index (Phi) is 5.51. The second-order valence-corrected chi connectivity index (χ2v) is 12.9. The summed E-state index contributed by atoms with van der Waals surface area (Å²) < 4.78 is 32.2. The smallest absolute Gasteiger partial charge is 0.227 e. The highest BCUT2D eigenvalue weighted by atomic mass is 32.2. The molecule has 0 aromatic carbocycles. The second kappa shape index (κ2) is 7.89. The Bertz CT molecular complexity index is 837. The Labute approximate surface area is 181 Å². The molecule has 0 radical (unpaired) electrons. The van der Waals surface area contributed by atoms with Crippen molar-refractivity contribution in [2.75, 3.05) is 26.5 Å². The first kappa shape index (κ1) is 21.0. The molecule has 2 heterocycles. The Hall–Kier alpha value is -0.920. The minimum absolute atomic E-state index is 0.0933. The van der Waals surface area contributed by atoms with Crippen LogP contribution < -0.4 is 0 Å². The van der Waals surface area contributed by atoms with Crippen LogP contribution in [0.4, 0.5) is 0 Å². The summed E-state index contributed by atoms with van der Waals surface area (Å²) in [6, 6.07) is 0. The lowest BCUT2D eigenvalue weighted by atomic mass is 9.49. The average Bonchev–Trinajstić information content (AvgIpc) is 3.30. The number of hydrogen-bond acceptors (Lipinski definition) is 5. The fraction of sp³-hybridized carbons (Fsp3) is 0.870. The van der Waals surface area contributed by atoms with Gasteiger partial charge in [-0.3, -0.25) is 0 Å². The first-order valence-corrected chi connectivity index (χ1v) is 13.7. The SMILES string of the molecule is CN(CCC12CC3CC(CC(C3)C1)C2)Cc1cnc(S(C)(=O)=O)n1CC1CCCO1. The van der Waals surface area contributed by atoms with Crippen molar-refractivity contribution in [3.05, 3.63) is 11.9 Å². The number of rotatable bonds is 8. The van der Waals surface area contributed by atoms with Crippen molar-refractivity contribution >= 4 is 9.84 Å². The van der Waals surface area contributed by atoms with Crippen molar-refractivity contribution in [3.8, 4) is 0 Å². The Morgan fingerprint density at radius 3 is 2.43 bits per heavy atom. The van der Waals surface area contributed by atoms with Crippen LogP contribution in [0.2, 0.25) is 0 Å². The lowest BCUT2D eigenvalue weighted by Crippen LogP contribution is -2.47. The molecular weight excluding hydrogens is 398 g/mol. The van der Waals surface area contributed by atoms with Crippen molar-refractivity contribution in [3.63, 3.8) is 0 Å². The van der Waals surface area contributed by atoms with E-state index in [0.29, 0.717) is 12.0 Å². The Balaban J connectivity index is 1.25. The number of imidazole rings is 1. The highest BCUT2D eigenvalue weighted by Crippen LogP contribution is 2.61. The van der Waals surface area contributed by atoms with E-state index in [-0.39, 0.29) is 11.3 Å². The maximum Gasteiger partial charge on any atom is 0.227 e. The van der Waals surface area contributed by atoms with E-state index in [4.69, 9.17) is 4.74 Å². The molecule has 4 aliphatic carbocycles. The first-order chi connectivity index (χ1) is 14.3. The fourth-order valence-corrected chi connectivity index (χ4v) is 8.22. The van der Waals surface area contributed by atoms with Crippen LogP contribution in [0.3, 0.4) is 0 Å². The molecule has 1 saturated heterocycles. The average molecular weight is 436 g/mol. The summed E-state index contributed by atoms with van der Waals surface area (Å²) in [7, 11) is -1.18. The van der Waals surface area contributed by atoms with Crippen molar-refractivity contribution in [1.29, 1.82) is 0 Å². The normalized spacial score (nSPS) is 35.6. The van der Waals surface area contributed by atoms with Crippen molar-refractivity contribution in [2.24, 2.45) is 23.2 Å². The summed E-state index contributed by atoms with van der Waals surface area (Å²) in [5.74, 6) is 2.98. The lowest BCUT2D eigenvalue weighted by Gasteiger charge is -2.57. The maximum absolute atomic E-state index is 12.3. The van der Waals surface area contributed by atoms with Gasteiger partial charge in [0.25, 0.3) is 0 Å². The molecule has 0 spiro atoms. The molecule has 1 aromatic heterocycles. The first-order valence-electron chi connectivity index (χ1n) is 11.8. The summed E-state index contributed by atoms with van der Waals surface area (Å²) in [6.07, 6.45) is 15.2. The molecule has 4 saturated carbocycles. The Morgan fingerprint density at radius 2 is 1.87 bits per heavy atom. The predicted molar refractivity (Wildman–Crippen MR) is 116 cm³/mol. The minimum atomic E-state index is -3.36. The fourth-order valence-electron chi connectivity index (χ4n) is 7.38. The van der Waals surface area contributed by atoms with Crippen LogP contribution in [0.15, 0.2) is 11.4 Å². The van der Waals surface area contributed by atoms with Crippen LogP contribution in [0, 0.1) is 23.2 Å². The molecule has 5 fully saturated rings. The zero-order chi connectivity index (χ0) is 20.9. The predicted octanol–water partition coefficient (Wildman–Crippen LogP) is 3.50. The maximum atomic E-state index is 12.3. The van der Waals surface area contributed by atoms with Gasteiger partial charge in [-0.25, -0.2) is 13.4 Å². The van der Waals surface area contributed by atoms with Gasteiger partial charge in [0, 0.05) is 19.4 Å². The molecule has 1 atom stereocenters. The molecule has 7 heteroatoms. The summed E-state index contributed by atoms with van der Waals surface area (Å²) in [5.41, 5.74) is 1.57. The number of aromatic nitrogens is 2. The topological polar surface area (TPSA) is 64.4 Å². The highest BCUT2D eigenvalue weighted by Gasteiger charge is 2.50. The highest BCUT2D eigenvalue weighted by molar-refractivity contribution is 7.90. The van der Waals surface area contributed by atoms with Crippen LogP contribution >= 0.6 is 0 Å². The summed E-state index contributed by atoms with van der Waals surface area (Å²) in [6.45, 7) is 3.17. The van der Waals surface area contributed by atoms with E-state index in [9.17, 15) is 8.42 Å². The molecule has 4 bridgehead atoms. The third-order valence-corrected chi connectivity index (χ3v) is 9.25. The van der Waals surface area contributed by atoms with E-state index >= 15 is 0 Å².